The predicted molar refractivity (Wildman–Crippen MR) is 139 cm³/mol. The summed E-state index contributed by atoms with van der Waals surface area (Å²) in [4.78, 5) is 56.5. The minimum Gasteiger partial charge on any atom is -0.453 e. The van der Waals surface area contributed by atoms with Gasteiger partial charge in [0.15, 0.2) is 0 Å². The molecule has 1 saturated heterocycles. The van der Waals surface area contributed by atoms with Crippen LogP contribution in [0.5, 0.6) is 0 Å². The van der Waals surface area contributed by atoms with Crippen LogP contribution in [-0.4, -0.2) is 78.4 Å². The van der Waals surface area contributed by atoms with Gasteiger partial charge in [0.1, 0.15) is 17.9 Å². The van der Waals surface area contributed by atoms with Crippen LogP contribution < -0.4 is 10.2 Å². The van der Waals surface area contributed by atoms with Crippen LogP contribution in [0.15, 0.2) is 48.5 Å². The summed E-state index contributed by atoms with van der Waals surface area (Å²) >= 11 is 6.46. The fourth-order valence-electron chi connectivity index (χ4n) is 4.94. The number of nitrogens with one attached hydrogen (secondary N) is 1. The van der Waals surface area contributed by atoms with Crippen molar-refractivity contribution in [1.82, 2.24) is 15.1 Å². The van der Waals surface area contributed by atoms with Crippen LogP contribution in [-0.2, 0) is 19.1 Å². The lowest BCUT2D eigenvalue weighted by molar-refractivity contribution is -0.137. The highest BCUT2D eigenvalue weighted by atomic mass is 35.5. The molecular weight excluding hydrogens is 553 g/mol. The van der Waals surface area contributed by atoms with Crippen molar-refractivity contribution >= 4 is 41.1 Å². The van der Waals surface area contributed by atoms with Crippen LogP contribution in [0.1, 0.15) is 31.4 Å². The van der Waals surface area contributed by atoms with E-state index in [-0.39, 0.29) is 41.8 Å². The number of hydrogen-bond acceptors (Lipinski definition) is 5. The van der Waals surface area contributed by atoms with Gasteiger partial charge in [0.25, 0.3) is 11.8 Å². The first-order valence-electron chi connectivity index (χ1n) is 12.5. The van der Waals surface area contributed by atoms with Gasteiger partial charge < -0.3 is 15.0 Å². The molecule has 0 spiro atoms. The van der Waals surface area contributed by atoms with E-state index >= 15 is 0 Å². The SMILES string of the molecule is COC(=O)N1CCN(C(C)=O)C[C@H]1C(=O)N(c1cccc(F)c1)[C@H](C(=O)NC1CC(F)(F)C1)c1ccccc1Cl. The van der Waals surface area contributed by atoms with Gasteiger partial charge in [0.05, 0.1) is 13.7 Å². The fraction of sp³-hybridized carbons (Fsp3) is 0.407. The number of piperazine rings is 1. The second-order valence-electron chi connectivity index (χ2n) is 9.73. The number of benzene rings is 2. The van der Waals surface area contributed by atoms with Gasteiger partial charge in [-0.1, -0.05) is 35.9 Å². The van der Waals surface area contributed by atoms with Crippen LogP contribution in [0.4, 0.5) is 23.7 Å². The summed E-state index contributed by atoms with van der Waals surface area (Å²) < 4.78 is 46.5. The van der Waals surface area contributed by atoms with Gasteiger partial charge in [0, 0.05) is 55.2 Å². The Morgan fingerprint density at radius 2 is 1.80 bits per heavy atom. The van der Waals surface area contributed by atoms with Gasteiger partial charge in [-0.3, -0.25) is 24.2 Å². The zero-order chi connectivity index (χ0) is 29.2. The van der Waals surface area contributed by atoms with E-state index < -0.39 is 60.6 Å². The lowest BCUT2D eigenvalue weighted by Crippen LogP contribution is -2.63. The fourth-order valence-corrected chi connectivity index (χ4v) is 5.18. The van der Waals surface area contributed by atoms with Crippen molar-refractivity contribution in [3.8, 4) is 0 Å². The minimum absolute atomic E-state index is 0.0419. The summed E-state index contributed by atoms with van der Waals surface area (Å²) in [5, 5.41) is 2.65. The van der Waals surface area contributed by atoms with E-state index in [0.717, 1.165) is 29.0 Å². The number of carbonyl (C=O) groups excluding carboxylic acids is 4. The third kappa shape index (κ3) is 6.16. The van der Waals surface area contributed by atoms with Gasteiger partial charge in [-0.05, 0) is 24.3 Å². The molecule has 1 N–H and O–H groups in total. The minimum atomic E-state index is -2.92. The molecular formula is C27H28ClF3N4O5. The van der Waals surface area contributed by atoms with Crippen molar-refractivity contribution in [2.24, 2.45) is 0 Å². The van der Waals surface area contributed by atoms with Gasteiger partial charge in [0.2, 0.25) is 11.8 Å². The molecule has 0 radical (unpaired) electrons. The highest BCUT2D eigenvalue weighted by Crippen LogP contribution is 2.39. The second kappa shape index (κ2) is 11.7. The summed E-state index contributed by atoms with van der Waals surface area (Å²) in [5.74, 6) is -5.64. The molecule has 2 atom stereocenters. The Kier molecular flexibility index (Phi) is 8.57. The van der Waals surface area contributed by atoms with Crippen molar-refractivity contribution in [3.05, 3.63) is 64.9 Å². The molecule has 214 valence electrons. The van der Waals surface area contributed by atoms with Crippen LogP contribution in [0.3, 0.4) is 0 Å². The molecule has 9 nitrogen and oxygen atoms in total. The second-order valence-corrected chi connectivity index (χ2v) is 10.1. The van der Waals surface area contributed by atoms with E-state index in [0.29, 0.717) is 0 Å². The standard InChI is InChI=1S/C27H28ClF3N4O5/c1-16(36)33-10-11-34(26(39)40-2)22(15-33)25(38)35(19-7-5-6-17(29)12-19)23(20-8-3-4-9-21(20)28)24(37)32-18-13-27(30,31)14-18/h3-9,12,18,22-23H,10-11,13-15H2,1-2H3,(H,32,37)/t22-,23-/m0/s1. The number of carbonyl (C=O) groups is 4. The number of methoxy groups -OCH3 is 1. The maximum Gasteiger partial charge on any atom is 0.410 e. The van der Waals surface area contributed by atoms with Crippen molar-refractivity contribution in [2.45, 2.75) is 43.8 Å². The number of hydrogen-bond donors (Lipinski definition) is 1. The molecule has 0 unspecified atom stereocenters. The van der Waals surface area contributed by atoms with Crippen molar-refractivity contribution in [2.75, 3.05) is 31.6 Å². The van der Waals surface area contributed by atoms with E-state index in [1.165, 1.54) is 36.1 Å². The zero-order valence-electron chi connectivity index (χ0n) is 21.8. The quantitative estimate of drug-likeness (QED) is 0.561. The molecule has 2 aliphatic rings. The summed E-state index contributed by atoms with van der Waals surface area (Å²) in [6.07, 6.45) is -1.99. The normalized spacial score (nSPS) is 19.3. The Hall–Kier alpha value is -3.80. The number of ether oxygens (including phenoxy) is 1. The van der Waals surface area contributed by atoms with Crippen LogP contribution in [0, 0.1) is 5.82 Å². The molecule has 13 heteroatoms. The van der Waals surface area contributed by atoms with Crippen LogP contribution >= 0.6 is 11.6 Å². The lowest BCUT2D eigenvalue weighted by Gasteiger charge is -2.43. The maximum absolute atomic E-state index is 14.5. The number of nitrogens with zero attached hydrogens (tertiary/aromatic N) is 3. The molecule has 1 heterocycles. The molecule has 1 aliphatic heterocycles. The van der Waals surface area contributed by atoms with E-state index in [1.807, 2.05) is 0 Å². The van der Waals surface area contributed by atoms with Gasteiger partial charge in [-0.15, -0.1) is 0 Å². The molecule has 40 heavy (non-hydrogen) atoms. The smallest absolute Gasteiger partial charge is 0.410 e. The van der Waals surface area contributed by atoms with E-state index in [9.17, 15) is 32.3 Å². The van der Waals surface area contributed by atoms with Crippen molar-refractivity contribution in [3.63, 3.8) is 0 Å². The van der Waals surface area contributed by atoms with E-state index in [2.05, 4.69) is 5.32 Å². The number of rotatable bonds is 6. The first-order valence-corrected chi connectivity index (χ1v) is 12.9. The third-order valence-electron chi connectivity index (χ3n) is 6.99. The summed E-state index contributed by atoms with van der Waals surface area (Å²) in [5.41, 5.74) is 0.1000. The Morgan fingerprint density at radius 3 is 2.40 bits per heavy atom. The summed E-state index contributed by atoms with van der Waals surface area (Å²) in [6, 6.07) is 7.34. The maximum atomic E-state index is 14.5. The van der Waals surface area contributed by atoms with Crippen LogP contribution in [0.2, 0.25) is 5.02 Å². The number of halogens is 4. The average molecular weight is 581 g/mol. The first kappa shape index (κ1) is 29.2. The van der Waals surface area contributed by atoms with Crippen molar-refractivity contribution in [1.29, 1.82) is 0 Å². The molecule has 1 aliphatic carbocycles. The van der Waals surface area contributed by atoms with E-state index in [4.69, 9.17) is 16.3 Å². The monoisotopic (exact) mass is 580 g/mol. The van der Waals surface area contributed by atoms with Crippen molar-refractivity contribution < 1.29 is 37.1 Å². The summed E-state index contributed by atoms with van der Waals surface area (Å²) in [6.45, 7) is 1.19. The summed E-state index contributed by atoms with van der Waals surface area (Å²) in [7, 11) is 1.14. The average Bonchev–Trinajstić information content (AvgIpc) is 2.90. The van der Waals surface area contributed by atoms with Gasteiger partial charge in [-0.2, -0.15) is 0 Å². The zero-order valence-corrected chi connectivity index (χ0v) is 22.5. The Labute approximate surface area is 233 Å². The first-order chi connectivity index (χ1) is 18.9. The highest BCUT2D eigenvalue weighted by Gasteiger charge is 2.48. The Morgan fingerprint density at radius 1 is 1.10 bits per heavy atom. The Balaban J connectivity index is 1.83. The molecule has 2 fully saturated rings. The Bertz CT molecular complexity index is 1300. The number of anilines is 1. The molecule has 1 saturated carbocycles. The molecule has 4 amide bonds. The molecule has 2 aromatic rings. The predicted octanol–water partition coefficient (Wildman–Crippen LogP) is 3.77. The molecule has 0 bridgehead atoms. The number of alkyl halides is 2. The van der Waals surface area contributed by atoms with E-state index in [1.54, 1.807) is 12.1 Å². The largest absolute Gasteiger partial charge is 0.453 e. The molecule has 4 rings (SSSR count). The third-order valence-corrected chi connectivity index (χ3v) is 7.33. The lowest BCUT2D eigenvalue weighted by atomic mass is 9.87. The van der Waals surface area contributed by atoms with Crippen LogP contribution in [0.25, 0.3) is 0 Å². The van der Waals surface area contributed by atoms with Gasteiger partial charge >= 0.3 is 6.09 Å². The molecule has 0 aromatic heterocycles. The topological polar surface area (TPSA) is 99.3 Å². The van der Waals surface area contributed by atoms with Gasteiger partial charge in [-0.25, -0.2) is 18.0 Å². The number of amides is 4. The molecule has 2 aromatic carbocycles. The highest BCUT2D eigenvalue weighted by molar-refractivity contribution is 6.31.